The fraction of sp³-hybridized carbons (Fsp3) is 0.300. The van der Waals surface area contributed by atoms with Gasteiger partial charge < -0.3 is 10.6 Å². The van der Waals surface area contributed by atoms with Gasteiger partial charge in [0.2, 0.25) is 0 Å². The molecule has 2 aromatic carbocycles. The van der Waals surface area contributed by atoms with Gasteiger partial charge in [-0.1, -0.05) is 36.4 Å². The minimum atomic E-state index is 0.171. The van der Waals surface area contributed by atoms with E-state index >= 15 is 0 Å². The summed E-state index contributed by atoms with van der Waals surface area (Å²) in [5, 5.41) is 15.6. The largest absolute Gasteiger partial charge is 0.357 e. The molecule has 0 aliphatic heterocycles. The zero-order valence-electron chi connectivity index (χ0n) is 14.5. The number of nitrogens with zero attached hydrogens (tertiary/aromatic N) is 2. The molecule has 0 bridgehead atoms. The van der Waals surface area contributed by atoms with Gasteiger partial charge in [0.05, 0.1) is 24.2 Å². The third kappa shape index (κ3) is 4.85. The highest BCUT2D eigenvalue weighted by molar-refractivity contribution is 5.80. The van der Waals surface area contributed by atoms with Crippen LogP contribution in [-0.2, 0) is 6.54 Å². The van der Waals surface area contributed by atoms with Crippen molar-refractivity contribution in [2.75, 3.05) is 6.54 Å². The first-order valence-electron chi connectivity index (χ1n) is 8.23. The maximum atomic E-state index is 8.85. The number of hydrogen-bond donors (Lipinski definition) is 2. The van der Waals surface area contributed by atoms with Gasteiger partial charge >= 0.3 is 0 Å². The maximum absolute atomic E-state index is 8.85. The first kappa shape index (κ1) is 17.6. The second-order valence-corrected chi connectivity index (χ2v) is 5.73. The number of guanidine groups is 1. The number of benzene rings is 2. The number of aryl methyl sites for hydroxylation is 1. The normalized spacial score (nSPS) is 12.3. The summed E-state index contributed by atoms with van der Waals surface area (Å²) in [6.07, 6.45) is 0. The molecule has 0 spiro atoms. The van der Waals surface area contributed by atoms with Gasteiger partial charge in [-0.2, -0.15) is 5.26 Å². The highest BCUT2D eigenvalue weighted by Gasteiger charge is 2.09. The summed E-state index contributed by atoms with van der Waals surface area (Å²) in [6.45, 7) is 7.68. The fourth-order valence-electron chi connectivity index (χ4n) is 2.53. The van der Waals surface area contributed by atoms with E-state index < -0.39 is 0 Å². The zero-order valence-corrected chi connectivity index (χ0v) is 14.5. The molecular formula is C20H24N4. The SMILES string of the molecule is CCNC(=NCc1ccc(C#N)cc1)NC(C)c1ccccc1C. The van der Waals surface area contributed by atoms with E-state index in [1.807, 2.05) is 24.3 Å². The van der Waals surface area contributed by atoms with E-state index in [1.54, 1.807) is 0 Å². The monoisotopic (exact) mass is 320 g/mol. The van der Waals surface area contributed by atoms with Crippen LogP contribution in [0.5, 0.6) is 0 Å². The average Bonchev–Trinajstić information content (AvgIpc) is 2.60. The van der Waals surface area contributed by atoms with Crippen molar-refractivity contribution >= 4 is 5.96 Å². The summed E-state index contributed by atoms with van der Waals surface area (Å²) in [5.41, 5.74) is 4.28. The molecule has 24 heavy (non-hydrogen) atoms. The Morgan fingerprint density at radius 3 is 2.50 bits per heavy atom. The number of aliphatic imine (C=N–C) groups is 1. The van der Waals surface area contributed by atoms with Crippen molar-refractivity contribution in [3.05, 3.63) is 70.8 Å². The lowest BCUT2D eigenvalue weighted by atomic mass is 10.0. The van der Waals surface area contributed by atoms with Crippen LogP contribution in [0.25, 0.3) is 0 Å². The molecule has 2 N–H and O–H groups in total. The molecule has 4 nitrogen and oxygen atoms in total. The van der Waals surface area contributed by atoms with E-state index in [4.69, 9.17) is 5.26 Å². The van der Waals surface area contributed by atoms with E-state index in [1.165, 1.54) is 11.1 Å². The maximum Gasteiger partial charge on any atom is 0.192 e. The van der Waals surface area contributed by atoms with Gasteiger partial charge in [0.1, 0.15) is 0 Å². The average molecular weight is 320 g/mol. The lowest BCUT2D eigenvalue weighted by Gasteiger charge is -2.19. The van der Waals surface area contributed by atoms with E-state index in [-0.39, 0.29) is 6.04 Å². The molecular weight excluding hydrogens is 296 g/mol. The zero-order chi connectivity index (χ0) is 17.4. The summed E-state index contributed by atoms with van der Waals surface area (Å²) in [5.74, 6) is 0.789. The van der Waals surface area contributed by atoms with Crippen LogP contribution in [0.4, 0.5) is 0 Å². The Morgan fingerprint density at radius 2 is 1.88 bits per heavy atom. The molecule has 1 atom stereocenters. The highest BCUT2D eigenvalue weighted by Crippen LogP contribution is 2.16. The smallest absolute Gasteiger partial charge is 0.192 e. The molecule has 0 saturated heterocycles. The Bertz CT molecular complexity index is 726. The van der Waals surface area contributed by atoms with Crippen LogP contribution >= 0.6 is 0 Å². The molecule has 0 amide bonds. The Balaban J connectivity index is 2.07. The Morgan fingerprint density at radius 1 is 1.17 bits per heavy atom. The quantitative estimate of drug-likeness (QED) is 0.652. The highest BCUT2D eigenvalue weighted by atomic mass is 15.2. The Labute approximate surface area is 144 Å². The summed E-state index contributed by atoms with van der Waals surface area (Å²) in [4.78, 5) is 4.65. The van der Waals surface area contributed by atoms with E-state index in [0.29, 0.717) is 12.1 Å². The van der Waals surface area contributed by atoms with Crippen molar-refractivity contribution in [1.82, 2.24) is 10.6 Å². The lowest BCUT2D eigenvalue weighted by molar-refractivity contribution is 0.682. The molecule has 0 aliphatic rings. The third-order valence-corrected chi connectivity index (χ3v) is 3.86. The lowest BCUT2D eigenvalue weighted by Crippen LogP contribution is -2.38. The number of hydrogen-bond acceptors (Lipinski definition) is 2. The predicted molar refractivity (Wildman–Crippen MR) is 98.7 cm³/mol. The minimum absolute atomic E-state index is 0.171. The molecule has 4 heteroatoms. The molecule has 1 unspecified atom stereocenters. The van der Waals surface area contributed by atoms with Crippen LogP contribution < -0.4 is 10.6 Å². The molecule has 0 fully saturated rings. The van der Waals surface area contributed by atoms with Gasteiger partial charge in [0.15, 0.2) is 5.96 Å². The molecule has 0 radical (unpaired) electrons. The summed E-state index contributed by atoms with van der Waals surface area (Å²) in [6, 6.07) is 18.2. The van der Waals surface area contributed by atoms with Crippen LogP contribution in [0.1, 0.15) is 42.1 Å². The van der Waals surface area contributed by atoms with Gasteiger partial charge in [-0.15, -0.1) is 0 Å². The summed E-state index contributed by atoms with van der Waals surface area (Å²) < 4.78 is 0. The Kier molecular flexibility index (Phi) is 6.39. The summed E-state index contributed by atoms with van der Waals surface area (Å²) >= 11 is 0. The predicted octanol–water partition coefficient (Wildman–Crippen LogP) is 3.68. The fourth-order valence-corrected chi connectivity index (χ4v) is 2.53. The van der Waals surface area contributed by atoms with Gasteiger partial charge in [-0.3, -0.25) is 0 Å². The second kappa shape index (κ2) is 8.73. The van der Waals surface area contributed by atoms with Crippen molar-refractivity contribution in [2.45, 2.75) is 33.4 Å². The number of nitriles is 1. The van der Waals surface area contributed by atoms with Gasteiger partial charge in [-0.25, -0.2) is 4.99 Å². The van der Waals surface area contributed by atoms with Crippen molar-refractivity contribution < 1.29 is 0 Å². The van der Waals surface area contributed by atoms with Crippen LogP contribution in [-0.4, -0.2) is 12.5 Å². The van der Waals surface area contributed by atoms with Crippen LogP contribution in [0.15, 0.2) is 53.5 Å². The minimum Gasteiger partial charge on any atom is -0.357 e. The molecule has 0 heterocycles. The van der Waals surface area contributed by atoms with E-state index in [9.17, 15) is 0 Å². The summed E-state index contributed by atoms with van der Waals surface area (Å²) in [7, 11) is 0. The third-order valence-electron chi connectivity index (χ3n) is 3.86. The number of rotatable bonds is 5. The molecule has 2 aromatic rings. The van der Waals surface area contributed by atoms with Crippen molar-refractivity contribution in [3.63, 3.8) is 0 Å². The first-order chi connectivity index (χ1) is 11.6. The molecule has 2 rings (SSSR count). The van der Waals surface area contributed by atoms with Crippen molar-refractivity contribution in [1.29, 1.82) is 5.26 Å². The molecule has 124 valence electrons. The van der Waals surface area contributed by atoms with Crippen LogP contribution in [0.3, 0.4) is 0 Å². The van der Waals surface area contributed by atoms with E-state index in [2.05, 4.69) is 66.7 Å². The standard InChI is InChI=1S/C20H24N4/c1-4-22-20(23-14-18-11-9-17(13-21)10-12-18)24-16(3)19-8-6-5-7-15(19)2/h5-12,16H,4,14H2,1-3H3,(H2,22,23,24). The molecule has 0 aliphatic carbocycles. The topological polar surface area (TPSA) is 60.2 Å². The van der Waals surface area contributed by atoms with Gasteiger partial charge in [-0.05, 0) is 49.6 Å². The molecule has 0 saturated carbocycles. The van der Waals surface area contributed by atoms with Crippen LogP contribution in [0, 0.1) is 18.3 Å². The number of nitrogens with one attached hydrogen (secondary N) is 2. The second-order valence-electron chi connectivity index (χ2n) is 5.73. The van der Waals surface area contributed by atoms with Crippen molar-refractivity contribution in [3.8, 4) is 6.07 Å². The van der Waals surface area contributed by atoms with Gasteiger partial charge in [0, 0.05) is 6.54 Å². The van der Waals surface area contributed by atoms with Gasteiger partial charge in [0.25, 0.3) is 0 Å². The first-order valence-corrected chi connectivity index (χ1v) is 8.23. The van der Waals surface area contributed by atoms with Crippen molar-refractivity contribution in [2.24, 2.45) is 4.99 Å². The molecule has 0 aromatic heterocycles. The van der Waals surface area contributed by atoms with Crippen LogP contribution in [0.2, 0.25) is 0 Å². The van der Waals surface area contributed by atoms with E-state index in [0.717, 1.165) is 18.1 Å². The Hall–Kier alpha value is -2.80.